The number of aryl methyl sites for hydroxylation is 1. The lowest BCUT2D eigenvalue weighted by molar-refractivity contribution is 0.725. The van der Waals surface area contributed by atoms with E-state index in [2.05, 4.69) is 62.4 Å². The van der Waals surface area contributed by atoms with Gasteiger partial charge in [0.15, 0.2) is 0 Å². The minimum absolute atomic E-state index is 0.467. The van der Waals surface area contributed by atoms with Crippen molar-refractivity contribution in [3.8, 4) is 5.69 Å². The van der Waals surface area contributed by atoms with Gasteiger partial charge in [0.25, 0.3) is 0 Å². The smallest absolute Gasteiger partial charge is 0.0675 e. The third kappa shape index (κ3) is 3.24. The molecule has 2 aromatic rings. The van der Waals surface area contributed by atoms with Crippen LogP contribution in [0, 0.1) is 6.92 Å². The number of nitrogens with one attached hydrogen (secondary N) is 1. The second kappa shape index (κ2) is 6.02. The molecule has 1 N–H and O–H groups in total. The molecule has 0 unspecified atom stereocenters. The van der Waals surface area contributed by atoms with E-state index in [1.807, 2.05) is 10.9 Å². The van der Waals surface area contributed by atoms with E-state index >= 15 is 0 Å². The molecule has 0 spiro atoms. The van der Waals surface area contributed by atoms with Gasteiger partial charge in [-0.1, -0.05) is 32.9 Å². The molecule has 0 aliphatic carbocycles. The molecule has 19 heavy (non-hydrogen) atoms. The molecule has 1 heterocycles. The summed E-state index contributed by atoms with van der Waals surface area (Å²) in [5.41, 5.74) is 4.87. The zero-order valence-corrected chi connectivity index (χ0v) is 12.3. The molecule has 0 bridgehead atoms. The molecule has 0 aliphatic rings. The van der Waals surface area contributed by atoms with Crippen LogP contribution < -0.4 is 5.32 Å². The zero-order valence-electron chi connectivity index (χ0n) is 12.3. The van der Waals surface area contributed by atoms with Gasteiger partial charge < -0.3 is 5.32 Å². The van der Waals surface area contributed by atoms with E-state index in [9.17, 15) is 0 Å². The van der Waals surface area contributed by atoms with Crippen molar-refractivity contribution >= 4 is 0 Å². The van der Waals surface area contributed by atoms with E-state index in [0.717, 1.165) is 24.5 Å². The Hall–Kier alpha value is -1.61. The fraction of sp³-hybridized carbons (Fsp3) is 0.438. The van der Waals surface area contributed by atoms with Crippen molar-refractivity contribution in [1.29, 1.82) is 0 Å². The molecule has 0 amide bonds. The molecule has 1 aromatic heterocycles. The van der Waals surface area contributed by atoms with Crippen molar-refractivity contribution in [2.24, 2.45) is 0 Å². The second-order valence-corrected chi connectivity index (χ2v) is 5.24. The lowest BCUT2D eigenvalue weighted by Crippen LogP contribution is -2.12. The van der Waals surface area contributed by atoms with E-state index in [1.165, 1.54) is 11.1 Å². The Balaban J connectivity index is 2.24. The van der Waals surface area contributed by atoms with Crippen LogP contribution in [0.1, 0.15) is 43.5 Å². The molecular weight excluding hydrogens is 234 g/mol. The predicted octanol–water partition coefficient (Wildman–Crippen LogP) is 3.41. The van der Waals surface area contributed by atoms with E-state index in [4.69, 9.17) is 0 Å². The first kappa shape index (κ1) is 13.8. The maximum atomic E-state index is 4.63. The standard InChI is InChI=1S/C16H23N3/c1-5-17-11-14-6-7-16(13(4)10-14)19-9-8-15(18-19)12(2)3/h6-10,12,17H,5,11H2,1-4H3. The van der Waals surface area contributed by atoms with Crippen LogP contribution >= 0.6 is 0 Å². The highest BCUT2D eigenvalue weighted by atomic mass is 15.3. The maximum Gasteiger partial charge on any atom is 0.0675 e. The minimum Gasteiger partial charge on any atom is -0.313 e. The normalized spacial score (nSPS) is 11.2. The number of aromatic nitrogens is 2. The van der Waals surface area contributed by atoms with Crippen molar-refractivity contribution in [3.63, 3.8) is 0 Å². The minimum atomic E-state index is 0.467. The van der Waals surface area contributed by atoms with Gasteiger partial charge in [-0.2, -0.15) is 5.10 Å². The summed E-state index contributed by atoms with van der Waals surface area (Å²) in [5.74, 6) is 0.467. The van der Waals surface area contributed by atoms with Gasteiger partial charge in [-0.15, -0.1) is 0 Å². The SMILES string of the molecule is CCNCc1ccc(-n2ccc(C(C)C)n2)c(C)c1. The summed E-state index contributed by atoms with van der Waals surface area (Å²) in [4.78, 5) is 0. The summed E-state index contributed by atoms with van der Waals surface area (Å²) in [6, 6.07) is 8.65. The first-order valence-electron chi connectivity index (χ1n) is 6.98. The van der Waals surface area contributed by atoms with E-state index < -0.39 is 0 Å². The van der Waals surface area contributed by atoms with Crippen LogP contribution in [0.25, 0.3) is 5.69 Å². The number of rotatable bonds is 5. The molecule has 2 rings (SSSR count). The third-order valence-corrected chi connectivity index (χ3v) is 3.29. The van der Waals surface area contributed by atoms with Gasteiger partial charge in [-0.05, 0) is 42.6 Å². The van der Waals surface area contributed by atoms with Gasteiger partial charge in [0.1, 0.15) is 0 Å². The highest BCUT2D eigenvalue weighted by Gasteiger charge is 2.07. The van der Waals surface area contributed by atoms with Crippen molar-refractivity contribution in [1.82, 2.24) is 15.1 Å². The topological polar surface area (TPSA) is 29.9 Å². The molecule has 0 saturated heterocycles. The summed E-state index contributed by atoms with van der Waals surface area (Å²) in [6.07, 6.45) is 2.04. The first-order chi connectivity index (χ1) is 9.11. The lowest BCUT2D eigenvalue weighted by Gasteiger charge is -2.09. The molecule has 0 radical (unpaired) electrons. The molecular formula is C16H23N3. The van der Waals surface area contributed by atoms with Gasteiger partial charge in [0.2, 0.25) is 0 Å². The quantitative estimate of drug-likeness (QED) is 0.889. The van der Waals surface area contributed by atoms with E-state index in [0.29, 0.717) is 5.92 Å². The summed E-state index contributed by atoms with van der Waals surface area (Å²) >= 11 is 0. The van der Waals surface area contributed by atoms with Crippen LogP contribution in [-0.2, 0) is 6.54 Å². The average Bonchev–Trinajstić information content (AvgIpc) is 2.86. The highest BCUT2D eigenvalue weighted by Crippen LogP contribution is 2.18. The molecule has 0 aliphatic heterocycles. The first-order valence-corrected chi connectivity index (χ1v) is 6.98. The number of benzene rings is 1. The molecule has 1 aromatic carbocycles. The van der Waals surface area contributed by atoms with Crippen LogP contribution in [0.15, 0.2) is 30.5 Å². The number of hydrogen-bond acceptors (Lipinski definition) is 2. The molecule has 0 saturated carbocycles. The third-order valence-electron chi connectivity index (χ3n) is 3.29. The zero-order chi connectivity index (χ0) is 13.8. The molecule has 3 nitrogen and oxygen atoms in total. The Labute approximate surface area is 115 Å². The van der Waals surface area contributed by atoms with Crippen molar-refractivity contribution < 1.29 is 0 Å². The van der Waals surface area contributed by atoms with Crippen LogP contribution in [0.3, 0.4) is 0 Å². The second-order valence-electron chi connectivity index (χ2n) is 5.24. The Morgan fingerprint density at radius 3 is 2.63 bits per heavy atom. The summed E-state index contributed by atoms with van der Waals surface area (Å²) in [6.45, 7) is 10.5. The monoisotopic (exact) mass is 257 g/mol. The van der Waals surface area contributed by atoms with Crippen LogP contribution in [-0.4, -0.2) is 16.3 Å². The average molecular weight is 257 g/mol. The largest absolute Gasteiger partial charge is 0.313 e. The summed E-state index contributed by atoms with van der Waals surface area (Å²) < 4.78 is 1.97. The van der Waals surface area contributed by atoms with Gasteiger partial charge in [-0.3, -0.25) is 0 Å². The maximum absolute atomic E-state index is 4.63. The van der Waals surface area contributed by atoms with E-state index in [-0.39, 0.29) is 0 Å². The Morgan fingerprint density at radius 2 is 2.05 bits per heavy atom. The van der Waals surface area contributed by atoms with Crippen LogP contribution in [0.4, 0.5) is 0 Å². The van der Waals surface area contributed by atoms with Gasteiger partial charge in [0.05, 0.1) is 11.4 Å². The highest BCUT2D eigenvalue weighted by molar-refractivity contribution is 5.42. The summed E-state index contributed by atoms with van der Waals surface area (Å²) in [5, 5.41) is 7.98. The molecule has 0 atom stereocenters. The van der Waals surface area contributed by atoms with Crippen LogP contribution in [0.5, 0.6) is 0 Å². The summed E-state index contributed by atoms with van der Waals surface area (Å²) in [7, 11) is 0. The van der Waals surface area contributed by atoms with Crippen molar-refractivity contribution in [3.05, 3.63) is 47.3 Å². The fourth-order valence-electron chi connectivity index (χ4n) is 2.13. The predicted molar refractivity (Wildman–Crippen MR) is 79.8 cm³/mol. The Bertz CT molecular complexity index is 541. The molecule has 102 valence electrons. The van der Waals surface area contributed by atoms with Gasteiger partial charge >= 0.3 is 0 Å². The number of hydrogen-bond donors (Lipinski definition) is 1. The van der Waals surface area contributed by atoms with Gasteiger partial charge in [-0.25, -0.2) is 4.68 Å². The molecule has 0 fully saturated rings. The van der Waals surface area contributed by atoms with Crippen LogP contribution in [0.2, 0.25) is 0 Å². The Kier molecular flexibility index (Phi) is 4.38. The lowest BCUT2D eigenvalue weighted by atomic mass is 10.1. The molecule has 3 heteroatoms. The Morgan fingerprint density at radius 1 is 1.26 bits per heavy atom. The van der Waals surface area contributed by atoms with Crippen molar-refractivity contribution in [2.75, 3.05) is 6.54 Å². The van der Waals surface area contributed by atoms with Crippen molar-refractivity contribution in [2.45, 2.75) is 40.2 Å². The fourth-order valence-corrected chi connectivity index (χ4v) is 2.13. The van der Waals surface area contributed by atoms with E-state index in [1.54, 1.807) is 0 Å². The van der Waals surface area contributed by atoms with Gasteiger partial charge in [0, 0.05) is 12.7 Å². The number of nitrogens with zero attached hydrogens (tertiary/aromatic N) is 2.